The highest BCUT2D eigenvalue weighted by Gasteiger charge is 2.17. The predicted octanol–water partition coefficient (Wildman–Crippen LogP) is 3.85. The van der Waals surface area contributed by atoms with Gasteiger partial charge in [0, 0.05) is 36.8 Å². The van der Waals surface area contributed by atoms with Crippen LogP contribution < -0.4 is 5.32 Å². The summed E-state index contributed by atoms with van der Waals surface area (Å²) in [6.45, 7) is 0.496. The third-order valence-electron chi connectivity index (χ3n) is 4.14. The van der Waals surface area contributed by atoms with E-state index >= 15 is 0 Å². The molecule has 0 fully saturated rings. The van der Waals surface area contributed by atoms with Crippen molar-refractivity contribution in [1.29, 1.82) is 0 Å². The molecule has 1 N–H and O–H groups in total. The highest BCUT2D eigenvalue weighted by Crippen LogP contribution is 2.29. The molecule has 3 aromatic heterocycles. The van der Waals surface area contributed by atoms with Gasteiger partial charge in [0.15, 0.2) is 11.5 Å². The van der Waals surface area contributed by atoms with E-state index in [4.69, 9.17) is 0 Å². The number of nitrogens with zero attached hydrogens (tertiary/aromatic N) is 5. The second-order valence-electron chi connectivity index (χ2n) is 6.01. The fourth-order valence-electron chi connectivity index (χ4n) is 2.80. The van der Waals surface area contributed by atoms with Gasteiger partial charge in [-0.15, -0.1) is 0 Å². The minimum absolute atomic E-state index is 0.0263. The van der Waals surface area contributed by atoms with Crippen molar-refractivity contribution in [2.24, 2.45) is 0 Å². The molecule has 0 unspecified atom stereocenters. The first-order valence-corrected chi connectivity index (χ1v) is 8.60. The SMILES string of the molecule is O=[N+]([O-])c1ccc(NCc2ccnc(-n3cccn3)c2)nc1-c1ccccc1. The van der Waals surface area contributed by atoms with Gasteiger partial charge in [0.2, 0.25) is 0 Å². The maximum atomic E-state index is 11.4. The van der Waals surface area contributed by atoms with Crippen molar-refractivity contribution in [3.63, 3.8) is 0 Å². The summed E-state index contributed by atoms with van der Waals surface area (Å²) in [4.78, 5) is 19.7. The summed E-state index contributed by atoms with van der Waals surface area (Å²) in [6.07, 6.45) is 5.23. The van der Waals surface area contributed by atoms with Crippen LogP contribution >= 0.6 is 0 Å². The van der Waals surface area contributed by atoms with Gasteiger partial charge in [0.05, 0.1) is 4.92 Å². The minimum atomic E-state index is -0.418. The third-order valence-corrected chi connectivity index (χ3v) is 4.14. The average molecular weight is 372 g/mol. The quantitative estimate of drug-likeness (QED) is 0.408. The molecule has 0 aliphatic carbocycles. The molecule has 0 aliphatic rings. The lowest BCUT2D eigenvalue weighted by molar-refractivity contribution is -0.384. The maximum Gasteiger partial charge on any atom is 0.295 e. The predicted molar refractivity (Wildman–Crippen MR) is 105 cm³/mol. The largest absolute Gasteiger partial charge is 0.366 e. The summed E-state index contributed by atoms with van der Waals surface area (Å²) in [5, 5.41) is 18.8. The number of anilines is 1. The van der Waals surface area contributed by atoms with E-state index in [1.807, 2.05) is 42.6 Å². The molecule has 4 rings (SSSR count). The van der Waals surface area contributed by atoms with Crippen molar-refractivity contribution < 1.29 is 4.92 Å². The van der Waals surface area contributed by atoms with Crippen molar-refractivity contribution in [2.45, 2.75) is 6.54 Å². The number of aromatic nitrogens is 4. The van der Waals surface area contributed by atoms with Crippen LogP contribution in [0.2, 0.25) is 0 Å². The molecule has 8 heteroatoms. The molecule has 0 spiro atoms. The summed E-state index contributed by atoms with van der Waals surface area (Å²) >= 11 is 0. The van der Waals surface area contributed by atoms with Gasteiger partial charge in [-0.05, 0) is 29.8 Å². The Kier molecular flexibility index (Phi) is 4.75. The van der Waals surface area contributed by atoms with E-state index in [0.29, 0.717) is 29.4 Å². The Bertz CT molecular complexity index is 1100. The molecule has 8 nitrogen and oxygen atoms in total. The number of nitro groups is 1. The van der Waals surface area contributed by atoms with E-state index in [1.165, 1.54) is 6.07 Å². The van der Waals surface area contributed by atoms with Gasteiger partial charge in [0.25, 0.3) is 5.69 Å². The molecular formula is C20H16N6O2. The van der Waals surface area contributed by atoms with E-state index < -0.39 is 4.92 Å². The molecule has 0 saturated heterocycles. The topological polar surface area (TPSA) is 98.8 Å². The van der Waals surface area contributed by atoms with E-state index in [1.54, 1.807) is 35.3 Å². The first kappa shape index (κ1) is 17.3. The second kappa shape index (κ2) is 7.67. The smallest absolute Gasteiger partial charge is 0.295 e. The van der Waals surface area contributed by atoms with Crippen molar-refractivity contribution in [1.82, 2.24) is 19.7 Å². The standard InChI is InChI=1S/C20H16N6O2/c27-26(28)17-7-8-18(24-20(17)16-5-2-1-3-6-16)22-14-15-9-11-21-19(13-15)25-12-4-10-23-25/h1-13H,14H2,(H,22,24). The summed E-state index contributed by atoms with van der Waals surface area (Å²) in [5.41, 5.74) is 1.99. The van der Waals surface area contributed by atoms with Crippen molar-refractivity contribution in [3.05, 3.63) is 94.9 Å². The summed E-state index contributed by atoms with van der Waals surface area (Å²) < 4.78 is 1.68. The molecule has 0 radical (unpaired) electrons. The minimum Gasteiger partial charge on any atom is -0.366 e. The number of hydrogen-bond donors (Lipinski definition) is 1. The van der Waals surface area contributed by atoms with Gasteiger partial charge < -0.3 is 5.32 Å². The normalized spacial score (nSPS) is 10.6. The van der Waals surface area contributed by atoms with Crippen LogP contribution in [0.1, 0.15) is 5.56 Å². The Morgan fingerprint density at radius 2 is 1.89 bits per heavy atom. The Morgan fingerprint density at radius 3 is 2.64 bits per heavy atom. The summed E-state index contributed by atoms with van der Waals surface area (Å²) in [5.74, 6) is 1.27. The van der Waals surface area contributed by atoms with Crippen LogP contribution in [0.25, 0.3) is 17.1 Å². The average Bonchev–Trinajstić information content (AvgIpc) is 3.28. The molecule has 0 amide bonds. The van der Waals surface area contributed by atoms with E-state index in [0.717, 1.165) is 5.56 Å². The third kappa shape index (κ3) is 3.70. The number of pyridine rings is 2. The molecule has 0 bridgehead atoms. The van der Waals surface area contributed by atoms with Crippen LogP contribution in [-0.2, 0) is 6.54 Å². The van der Waals surface area contributed by atoms with Gasteiger partial charge in [-0.25, -0.2) is 14.6 Å². The zero-order valence-corrected chi connectivity index (χ0v) is 14.8. The van der Waals surface area contributed by atoms with Gasteiger partial charge in [-0.3, -0.25) is 10.1 Å². The van der Waals surface area contributed by atoms with Crippen molar-refractivity contribution >= 4 is 11.5 Å². The lowest BCUT2D eigenvalue weighted by Gasteiger charge is -2.09. The van der Waals surface area contributed by atoms with Crippen LogP contribution in [-0.4, -0.2) is 24.7 Å². The van der Waals surface area contributed by atoms with Crippen LogP contribution in [0.15, 0.2) is 79.3 Å². The van der Waals surface area contributed by atoms with Gasteiger partial charge in [-0.2, -0.15) is 5.10 Å². The second-order valence-corrected chi connectivity index (χ2v) is 6.01. The fraction of sp³-hybridized carbons (Fsp3) is 0.0500. The molecule has 4 aromatic rings. The summed E-state index contributed by atoms with van der Waals surface area (Å²) in [6, 6.07) is 17.9. The highest BCUT2D eigenvalue weighted by molar-refractivity contribution is 5.71. The van der Waals surface area contributed by atoms with Crippen molar-refractivity contribution in [2.75, 3.05) is 5.32 Å². The molecule has 0 aliphatic heterocycles. The maximum absolute atomic E-state index is 11.4. The first-order chi connectivity index (χ1) is 13.7. The van der Waals surface area contributed by atoms with Crippen LogP contribution in [0, 0.1) is 10.1 Å². The molecule has 1 aromatic carbocycles. The number of benzene rings is 1. The van der Waals surface area contributed by atoms with Crippen molar-refractivity contribution in [3.8, 4) is 17.1 Å². The van der Waals surface area contributed by atoms with E-state index in [9.17, 15) is 10.1 Å². The van der Waals surface area contributed by atoms with Crippen LogP contribution in [0.4, 0.5) is 11.5 Å². The number of nitrogens with one attached hydrogen (secondary N) is 1. The Labute approximate surface area is 160 Å². The highest BCUT2D eigenvalue weighted by atomic mass is 16.6. The molecule has 0 atom stereocenters. The Hall–Kier alpha value is -4.07. The monoisotopic (exact) mass is 372 g/mol. The Morgan fingerprint density at radius 1 is 1.04 bits per heavy atom. The fourth-order valence-corrected chi connectivity index (χ4v) is 2.80. The molecule has 28 heavy (non-hydrogen) atoms. The lowest BCUT2D eigenvalue weighted by Crippen LogP contribution is -2.05. The summed E-state index contributed by atoms with van der Waals surface area (Å²) in [7, 11) is 0. The molecule has 3 heterocycles. The Balaban J connectivity index is 1.58. The molecular weight excluding hydrogens is 356 g/mol. The van der Waals surface area contributed by atoms with E-state index in [-0.39, 0.29) is 5.69 Å². The van der Waals surface area contributed by atoms with Crippen LogP contribution in [0.3, 0.4) is 0 Å². The van der Waals surface area contributed by atoms with Gasteiger partial charge in [-0.1, -0.05) is 30.3 Å². The zero-order valence-electron chi connectivity index (χ0n) is 14.8. The van der Waals surface area contributed by atoms with Gasteiger partial charge in [0.1, 0.15) is 5.82 Å². The lowest BCUT2D eigenvalue weighted by atomic mass is 10.1. The number of rotatable bonds is 6. The zero-order chi connectivity index (χ0) is 19.3. The number of hydrogen-bond acceptors (Lipinski definition) is 6. The first-order valence-electron chi connectivity index (χ1n) is 8.60. The molecule has 138 valence electrons. The van der Waals surface area contributed by atoms with Gasteiger partial charge >= 0.3 is 0 Å². The van der Waals surface area contributed by atoms with E-state index in [2.05, 4.69) is 20.4 Å². The van der Waals surface area contributed by atoms with Crippen LogP contribution in [0.5, 0.6) is 0 Å². The molecule has 0 saturated carbocycles.